The van der Waals surface area contributed by atoms with Crippen LogP contribution in [-0.2, 0) is 6.54 Å². The van der Waals surface area contributed by atoms with Crippen LogP contribution in [0.2, 0.25) is 0 Å². The Labute approximate surface area is 87.5 Å². The van der Waals surface area contributed by atoms with E-state index in [1.54, 1.807) is 11.0 Å². The van der Waals surface area contributed by atoms with Crippen LogP contribution in [0.3, 0.4) is 0 Å². The second kappa shape index (κ2) is 4.45. The molecular formula is C10H12N4O. The zero-order valence-corrected chi connectivity index (χ0v) is 8.21. The van der Waals surface area contributed by atoms with Crippen molar-refractivity contribution in [1.82, 2.24) is 14.8 Å². The summed E-state index contributed by atoms with van der Waals surface area (Å²) < 4.78 is 7.14. The smallest absolute Gasteiger partial charge is 0.239 e. The van der Waals surface area contributed by atoms with Crippen molar-refractivity contribution in [3.8, 4) is 5.75 Å². The van der Waals surface area contributed by atoms with Crippen LogP contribution >= 0.6 is 0 Å². The fraction of sp³-hybridized carbons (Fsp3) is 0.200. The summed E-state index contributed by atoms with van der Waals surface area (Å²) in [5.41, 5.74) is 5.38. The molecule has 0 unspecified atom stereocenters. The highest BCUT2D eigenvalue weighted by atomic mass is 16.5. The maximum Gasteiger partial charge on any atom is 0.239 e. The summed E-state index contributed by atoms with van der Waals surface area (Å²) in [6.45, 7) is 1.19. The number of nitrogen functional groups attached to an aromatic ring is 1. The molecule has 0 aliphatic carbocycles. The summed E-state index contributed by atoms with van der Waals surface area (Å²) in [7, 11) is 0. The van der Waals surface area contributed by atoms with Gasteiger partial charge in [0.25, 0.3) is 0 Å². The van der Waals surface area contributed by atoms with Gasteiger partial charge in [0.2, 0.25) is 5.95 Å². The minimum absolute atomic E-state index is 0.287. The zero-order valence-electron chi connectivity index (χ0n) is 8.21. The van der Waals surface area contributed by atoms with Crippen molar-refractivity contribution in [2.45, 2.75) is 6.54 Å². The lowest BCUT2D eigenvalue weighted by molar-refractivity contribution is 0.291. The highest BCUT2D eigenvalue weighted by Crippen LogP contribution is 2.07. The molecule has 1 aromatic heterocycles. The lowest BCUT2D eigenvalue weighted by atomic mass is 10.3. The van der Waals surface area contributed by atoms with Gasteiger partial charge in [0, 0.05) is 0 Å². The highest BCUT2D eigenvalue weighted by molar-refractivity contribution is 5.20. The molecular weight excluding hydrogens is 192 g/mol. The molecule has 2 aromatic rings. The van der Waals surface area contributed by atoms with Gasteiger partial charge < -0.3 is 10.5 Å². The van der Waals surface area contributed by atoms with Gasteiger partial charge in [0.15, 0.2) is 0 Å². The molecule has 2 N–H and O–H groups in total. The minimum Gasteiger partial charge on any atom is -0.492 e. The summed E-state index contributed by atoms with van der Waals surface area (Å²) in [4.78, 5) is 3.82. The summed E-state index contributed by atoms with van der Waals surface area (Å²) in [5, 5.41) is 3.95. The Hall–Kier alpha value is -2.04. The Morgan fingerprint density at radius 2 is 2.07 bits per heavy atom. The minimum atomic E-state index is 0.287. The van der Waals surface area contributed by atoms with Crippen LogP contribution in [0.4, 0.5) is 5.95 Å². The van der Waals surface area contributed by atoms with Crippen molar-refractivity contribution in [3.63, 3.8) is 0 Å². The van der Waals surface area contributed by atoms with Gasteiger partial charge in [0.05, 0.1) is 6.54 Å². The maximum absolute atomic E-state index is 5.49. The van der Waals surface area contributed by atoms with Crippen molar-refractivity contribution in [3.05, 3.63) is 36.7 Å². The summed E-state index contributed by atoms with van der Waals surface area (Å²) in [5.74, 6) is 1.14. The molecule has 1 heterocycles. The predicted molar refractivity (Wildman–Crippen MR) is 56.4 cm³/mol. The van der Waals surface area contributed by atoms with Crippen molar-refractivity contribution in [1.29, 1.82) is 0 Å². The number of hydrogen-bond acceptors (Lipinski definition) is 4. The van der Waals surface area contributed by atoms with Crippen molar-refractivity contribution in [2.75, 3.05) is 12.3 Å². The van der Waals surface area contributed by atoms with E-state index in [4.69, 9.17) is 10.5 Å². The van der Waals surface area contributed by atoms with Gasteiger partial charge in [-0.2, -0.15) is 0 Å². The molecule has 0 saturated carbocycles. The average Bonchev–Trinajstić information content (AvgIpc) is 2.66. The number of nitrogens with zero attached hydrogens (tertiary/aromatic N) is 3. The van der Waals surface area contributed by atoms with Crippen LogP contribution in [0.25, 0.3) is 0 Å². The van der Waals surface area contributed by atoms with Crippen molar-refractivity contribution < 1.29 is 4.74 Å². The molecule has 5 nitrogen and oxygen atoms in total. The molecule has 1 aromatic carbocycles. The normalized spacial score (nSPS) is 10.1. The highest BCUT2D eigenvalue weighted by Gasteiger charge is 1.96. The molecule has 0 aliphatic heterocycles. The maximum atomic E-state index is 5.49. The van der Waals surface area contributed by atoms with Crippen LogP contribution < -0.4 is 10.5 Å². The number of aromatic nitrogens is 3. The van der Waals surface area contributed by atoms with Crippen LogP contribution in [0.5, 0.6) is 5.75 Å². The molecule has 78 valence electrons. The number of benzene rings is 1. The van der Waals surface area contributed by atoms with Crippen molar-refractivity contribution in [2.24, 2.45) is 0 Å². The molecule has 0 atom stereocenters. The molecule has 5 heteroatoms. The first-order valence-corrected chi connectivity index (χ1v) is 4.67. The van der Waals surface area contributed by atoms with E-state index in [1.165, 1.54) is 0 Å². The first-order valence-electron chi connectivity index (χ1n) is 4.67. The van der Waals surface area contributed by atoms with Gasteiger partial charge >= 0.3 is 0 Å². The first kappa shape index (κ1) is 9.51. The van der Waals surface area contributed by atoms with Crippen LogP contribution in [-0.4, -0.2) is 21.4 Å². The van der Waals surface area contributed by atoms with E-state index < -0.39 is 0 Å². The summed E-state index contributed by atoms with van der Waals surface area (Å²) >= 11 is 0. The molecule has 2 rings (SSSR count). The van der Waals surface area contributed by atoms with E-state index in [1.807, 2.05) is 30.3 Å². The Morgan fingerprint density at radius 1 is 1.27 bits per heavy atom. The van der Waals surface area contributed by atoms with Gasteiger partial charge in [-0.1, -0.05) is 18.2 Å². The predicted octanol–water partition coefficient (Wildman–Crippen LogP) is 0.939. The van der Waals surface area contributed by atoms with E-state index in [0.29, 0.717) is 13.2 Å². The first-order chi connectivity index (χ1) is 7.34. The molecule has 0 spiro atoms. The second-order valence-corrected chi connectivity index (χ2v) is 3.03. The summed E-state index contributed by atoms with van der Waals surface area (Å²) in [6.07, 6.45) is 1.59. The Morgan fingerprint density at radius 3 is 2.73 bits per heavy atom. The van der Waals surface area contributed by atoms with Gasteiger partial charge in [0.1, 0.15) is 18.7 Å². The number of nitrogens with two attached hydrogens (primary N) is 1. The molecule has 0 fully saturated rings. The van der Waals surface area contributed by atoms with Gasteiger partial charge in [-0.25, -0.2) is 9.67 Å². The number of ether oxygens (including phenoxy) is 1. The Bertz CT molecular complexity index is 412. The standard InChI is InChI=1S/C10H12N4O/c11-10-12-8-14(13-10)6-7-15-9-4-2-1-3-5-9/h1-5,8H,6-7H2,(H2,11,13). The zero-order chi connectivity index (χ0) is 10.5. The van der Waals surface area contributed by atoms with Crippen LogP contribution in [0.1, 0.15) is 0 Å². The van der Waals surface area contributed by atoms with Crippen molar-refractivity contribution >= 4 is 5.95 Å². The van der Waals surface area contributed by atoms with Gasteiger partial charge in [-0.3, -0.25) is 0 Å². The number of rotatable bonds is 4. The molecule has 0 radical (unpaired) electrons. The van der Waals surface area contributed by atoms with Crippen LogP contribution in [0, 0.1) is 0 Å². The average molecular weight is 204 g/mol. The molecule has 0 amide bonds. The monoisotopic (exact) mass is 204 g/mol. The van der Waals surface area contributed by atoms with E-state index in [0.717, 1.165) is 5.75 Å². The number of para-hydroxylation sites is 1. The van der Waals surface area contributed by atoms with E-state index >= 15 is 0 Å². The number of anilines is 1. The quantitative estimate of drug-likeness (QED) is 0.804. The SMILES string of the molecule is Nc1ncn(CCOc2ccccc2)n1. The molecule has 15 heavy (non-hydrogen) atoms. The van der Waals surface area contributed by atoms with Gasteiger partial charge in [-0.05, 0) is 12.1 Å². The fourth-order valence-corrected chi connectivity index (χ4v) is 1.19. The van der Waals surface area contributed by atoms with Crippen LogP contribution in [0.15, 0.2) is 36.7 Å². The molecule has 0 saturated heterocycles. The third kappa shape index (κ3) is 2.70. The third-order valence-corrected chi connectivity index (χ3v) is 1.89. The van der Waals surface area contributed by atoms with E-state index in [9.17, 15) is 0 Å². The fourth-order valence-electron chi connectivity index (χ4n) is 1.19. The Balaban J connectivity index is 1.80. The van der Waals surface area contributed by atoms with E-state index in [-0.39, 0.29) is 5.95 Å². The van der Waals surface area contributed by atoms with E-state index in [2.05, 4.69) is 10.1 Å². The lowest BCUT2D eigenvalue weighted by Gasteiger charge is -2.04. The topological polar surface area (TPSA) is 66.0 Å². The second-order valence-electron chi connectivity index (χ2n) is 3.03. The Kier molecular flexibility index (Phi) is 2.82. The summed E-state index contributed by atoms with van der Waals surface area (Å²) in [6, 6.07) is 9.64. The largest absolute Gasteiger partial charge is 0.492 e. The molecule has 0 bridgehead atoms. The third-order valence-electron chi connectivity index (χ3n) is 1.89. The lowest BCUT2D eigenvalue weighted by Crippen LogP contribution is -2.08. The van der Waals surface area contributed by atoms with Gasteiger partial charge in [-0.15, -0.1) is 5.10 Å². The number of hydrogen-bond donors (Lipinski definition) is 1. The molecule has 0 aliphatic rings.